The predicted molar refractivity (Wildman–Crippen MR) is 159 cm³/mol. The second kappa shape index (κ2) is 14.7. The summed E-state index contributed by atoms with van der Waals surface area (Å²) >= 11 is 0. The summed E-state index contributed by atoms with van der Waals surface area (Å²) in [5.41, 5.74) is -0.421. The lowest BCUT2D eigenvalue weighted by Gasteiger charge is -2.45. The van der Waals surface area contributed by atoms with Crippen LogP contribution in [0.25, 0.3) is 0 Å². The Morgan fingerprint density at radius 1 is 0.976 bits per heavy atom. The third kappa shape index (κ3) is 10.4. The Balaban J connectivity index is 2.14. The molecule has 0 spiro atoms. The molecule has 2 unspecified atom stereocenters. The zero-order valence-corrected chi connectivity index (χ0v) is 26.7. The van der Waals surface area contributed by atoms with Crippen molar-refractivity contribution in [3.05, 3.63) is 35.9 Å². The molecule has 1 aromatic rings. The molecule has 1 saturated heterocycles. The molecule has 232 valence electrons. The van der Waals surface area contributed by atoms with E-state index < -0.39 is 41.9 Å². The van der Waals surface area contributed by atoms with Crippen LogP contribution < -0.4 is 0 Å². The highest BCUT2D eigenvalue weighted by atomic mass is 31.2. The van der Waals surface area contributed by atoms with Crippen LogP contribution in [0.2, 0.25) is 0 Å². The molecule has 0 aliphatic carbocycles. The number of carboxylic acids is 1. The first-order chi connectivity index (χ1) is 19.0. The molecule has 2 atom stereocenters. The summed E-state index contributed by atoms with van der Waals surface area (Å²) in [6.07, 6.45) is 0.900. The van der Waals surface area contributed by atoms with Gasteiger partial charge in [0.1, 0.15) is 11.2 Å². The maximum absolute atomic E-state index is 14.0. The van der Waals surface area contributed by atoms with Crippen LogP contribution >= 0.6 is 7.37 Å². The van der Waals surface area contributed by atoms with Crippen molar-refractivity contribution in [2.24, 2.45) is 0 Å². The van der Waals surface area contributed by atoms with Crippen LogP contribution in [0.15, 0.2) is 30.3 Å². The van der Waals surface area contributed by atoms with Crippen molar-refractivity contribution in [3.63, 3.8) is 0 Å². The Kier molecular flexibility index (Phi) is 12.4. The van der Waals surface area contributed by atoms with E-state index in [4.69, 9.17) is 14.0 Å². The summed E-state index contributed by atoms with van der Waals surface area (Å²) in [5.74, 6) is -1.14. The second-order valence-corrected chi connectivity index (χ2v) is 15.5. The normalized spacial score (nSPS) is 21.7. The number of nitrogens with zero attached hydrogens (tertiary/aromatic N) is 2. The number of hydrogen-bond donors (Lipinski definition) is 1. The maximum atomic E-state index is 14.0. The van der Waals surface area contributed by atoms with Gasteiger partial charge in [0, 0.05) is 25.8 Å². The van der Waals surface area contributed by atoms with Crippen LogP contribution in [0.5, 0.6) is 0 Å². The van der Waals surface area contributed by atoms with Gasteiger partial charge in [0.05, 0.1) is 6.61 Å². The fraction of sp³-hybridized carbons (Fsp3) is 0.700. The number of hydrogen-bond acceptors (Lipinski definition) is 8. The van der Waals surface area contributed by atoms with Crippen molar-refractivity contribution in [2.75, 3.05) is 38.9 Å². The Labute approximate surface area is 245 Å². The van der Waals surface area contributed by atoms with Gasteiger partial charge in [0.25, 0.3) is 0 Å². The van der Waals surface area contributed by atoms with E-state index in [1.165, 1.54) is 5.56 Å². The van der Waals surface area contributed by atoms with Gasteiger partial charge in [0.15, 0.2) is 5.16 Å². The Hall–Kier alpha value is -2.42. The summed E-state index contributed by atoms with van der Waals surface area (Å²) in [6, 6.07) is 10.1. The lowest BCUT2D eigenvalue weighted by atomic mass is 9.99. The molecule has 2 amide bonds. The third-order valence-corrected chi connectivity index (χ3v) is 10.1. The molecule has 0 radical (unpaired) electrons. The standard InChI is InChI=1S/C30H49N2O8P/c1-8-38-41(37)22-21-31(19-14-17-24-15-10-9-11-16-24)23-30(41,25(33)34)18-12-13-20-32(26(35)39-28(2,3)4)27(36)40-29(5,6)7/h9-11,15-16H,8,12-14,17-23H2,1-7H3,(H,33,34). The fourth-order valence-electron chi connectivity index (χ4n) is 4.93. The van der Waals surface area contributed by atoms with Gasteiger partial charge in [-0.3, -0.25) is 9.36 Å². The number of carbonyl (C=O) groups excluding carboxylic acids is 2. The molecular weight excluding hydrogens is 547 g/mol. The number of aryl methyl sites for hydroxylation is 1. The first-order valence-electron chi connectivity index (χ1n) is 14.5. The molecule has 1 aromatic carbocycles. The minimum absolute atomic E-state index is 0.0285. The van der Waals surface area contributed by atoms with Crippen molar-refractivity contribution in [3.8, 4) is 0 Å². The van der Waals surface area contributed by atoms with Crippen molar-refractivity contribution in [2.45, 2.75) is 96.9 Å². The fourth-order valence-corrected chi connectivity index (χ4v) is 7.90. The van der Waals surface area contributed by atoms with Gasteiger partial charge in [-0.25, -0.2) is 14.5 Å². The molecule has 1 aliphatic rings. The van der Waals surface area contributed by atoms with Crippen molar-refractivity contribution < 1.29 is 38.1 Å². The third-order valence-electron chi connectivity index (χ3n) is 6.82. The molecule has 0 saturated carbocycles. The molecule has 10 nitrogen and oxygen atoms in total. The van der Waals surface area contributed by atoms with Gasteiger partial charge >= 0.3 is 18.2 Å². The number of amides is 2. The van der Waals surface area contributed by atoms with Crippen LogP contribution in [0, 0.1) is 0 Å². The highest BCUT2D eigenvalue weighted by Gasteiger charge is 2.57. The highest BCUT2D eigenvalue weighted by molar-refractivity contribution is 7.62. The van der Waals surface area contributed by atoms with E-state index in [2.05, 4.69) is 17.0 Å². The summed E-state index contributed by atoms with van der Waals surface area (Å²) in [6.45, 7) is 13.4. The summed E-state index contributed by atoms with van der Waals surface area (Å²) < 4.78 is 30.6. The van der Waals surface area contributed by atoms with Gasteiger partial charge < -0.3 is 24.0 Å². The minimum Gasteiger partial charge on any atom is -0.480 e. The van der Waals surface area contributed by atoms with E-state index in [0.29, 0.717) is 19.5 Å². The molecule has 2 rings (SSSR count). The molecule has 1 fully saturated rings. The van der Waals surface area contributed by atoms with Crippen LogP contribution in [0.1, 0.15) is 79.7 Å². The highest BCUT2D eigenvalue weighted by Crippen LogP contribution is 2.63. The van der Waals surface area contributed by atoms with Gasteiger partial charge in [0.2, 0.25) is 7.37 Å². The SMILES string of the molecule is CCOP1(=O)CCN(CCCc2ccccc2)CC1(CCCCN(C(=O)OC(C)(C)C)C(=O)OC(C)(C)C)C(=O)O. The average Bonchev–Trinajstić information content (AvgIpc) is 2.84. The summed E-state index contributed by atoms with van der Waals surface area (Å²) in [4.78, 5) is 41.5. The number of ether oxygens (including phenoxy) is 2. The number of carbonyl (C=O) groups is 3. The van der Waals surface area contributed by atoms with Crippen LogP contribution in [-0.2, 0) is 29.8 Å². The number of carboxylic acid groups (broad SMARTS) is 1. The monoisotopic (exact) mass is 596 g/mol. The number of rotatable bonds is 12. The van der Waals surface area contributed by atoms with Gasteiger partial charge in [-0.1, -0.05) is 30.3 Å². The largest absolute Gasteiger partial charge is 0.480 e. The molecule has 0 aromatic heterocycles. The quantitative estimate of drug-likeness (QED) is 0.215. The predicted octanol–water partition coefficient (Wildman–Crippen LogP) is 6.42. The van der Waals surface area contributed by atoms with Gasteiger partial charge in [-0.15, -0.1) is 0 Å². The maximum Gasteiger partial charge on any atom is 0.419 e. The number of imide groups is 1. The lowest BCUT2D eigenvalue weighted by Crippen LogP contribution is -2.54. The smallest absolute Gasteiger partial charge is 0.419 e. The van der Waals surface area contributed by atoms with E-state index in [0.717, 1.165) is 17.7 Å². The van der Waals surface area contributed by atoms with Crippen molar-refractivity contribution >= 4 is 25.5 Å². The zero-order valence-electron chi connectivity index (χ0n) is 25.8. The van der Waals surface area contributed by atoms with E-state index in [1.807, 2.05) is 18.2 Å². The Morgan fingerprint density at radius 3 is 2.07 bits per heavy atom. The van der Waals surface area contributed by atoms with Gasteiger partial charge in [-0.2, -0.15) is 0 Å². The topological polar surface area (TPSA) is 123 Å². The molecule has 41 heavy (non-hydrogen) atoms. The number of benzene rings is 1. The molecular formula is C30H49N2O8P. The van der Waals surface area contributed by atoms with E-state index >= 15 is 0 Å². The van der Waals surface area contributed by atoms with Crippen molar-refractivity contribution in [1.82, 2.24) is 9.80 Å². The second-order valence-electron chi connectivity index (χ2n) is 12.6. The van der Waals surface area contributed by atoms with Crippen LogP contribution in [0.4, 0.5) is 9.59 Å². The Morgan fingerprint density at radius 2 is 1.56 bits per heavy atom. The van der Waals surface area contributed by atoms with E-state index in [9.17, 15) is 24.1 Å². The lowest BCUT2D eigenvalue weighted by molar-refractivity contribution is -0.141. The van der Waals surface area contributed by atoms with Crippen LogP contribution in [0.3, 0.4) is 0 Å². The first-order valence-corrected chi connectivity index (χ1v) is 16.3. The minimum atomic E-state index is -3.53. The van der Waals surface area contributed by atoms with Crippen molar-refractivity contribution in [1.29, 1.82) is 0 Å². The molecule has 1 heterocycles. The molecule has 1 aliphatic heterocycles. The Bertz CT molecular complexity index is 1040. The first kappa shape index (κ1) is 34.8. The number of unbranched alkanes of at least 4 members (excludes halogenated alkanes) is 1. The van der Waals surface area contributed by atoms with E-state index in [-0.39, 0.29) is 38.7 Å². The molecule has 11 heteroatoms. The summed E-state index contributed by atoms with van der Waals surface area (Å²) in [5, 5.41) is 8.90. The van der Waals surface area contributed by atoms with Crippen LogP contribution in [-0.4, -0.2) is 88.4 Å². The molecule has 0 bridgehead atoms. The van der Waals surface area contributed by atoms with E-state index in [1.54, 1.807) is 48.5 Å². The summed E-state index contributed by atoms with van der Waals surface area (Å²) in [7, 11) is -3.53. The number of aliphatic carboxylic acids is 1. The van der Waals surface area contributed by atoms with Gasteiger partial charge in [-0.05, 0) is 92.7 Å². The molecule has 1 N–H and O–H groups in total. The average molecular weight is 597 g/mol. The zero-order chi connectivity index (χ0) is 30.9.